The Morgan fingerprint density at radius 2 is 2.26 bits per heavy atom. The Bertz CT molecular complexity index is 527. The molecule has 1 aromatic carbocycles. The summed E-state index contributed by atoms with van der Waals surface area (Å²) in [5.74, 6) is 0.357. The van der Waals surface area contributed by atoms with Crippen molar-refractivity contribution in [2.75, 3.05) is 13.1 Å². The minimum atomic E-state index is -3.44. The first-order valence-electron chi connectivity index (χ1n) is 6.47. The van der Waals surface area contributed by atoms with Crippen LogP contribution in [-0.4, -0.2) is 27.5 Å². The van der Waals surface area contributed by atoms with Crippen LogP contribution in [0.2, 0.25) is 0 Å². The van der Waals surface area contributed by atoms with E-state index in [1.165, 1.54) is 0 Å². The van der Waals surface area contributed by atoms with Crippen molar-refractivity contribution in [1.29, 1.82) is 0 Å². The summed E-state index contributed by atoms with van der Waals surface area (Å²) in [4.78, 5) is 0.303. The molecule has 1 fully saturated rings. The van der Waals surface area contributed by atoms with Crippen LogP contribution in [-0.2, 0) is 10.0 Å². The van der Waals surface area contributed by atoms with Crippen LogP contribution in [0.5, 0.6) is 0 Å². The van der Waals surface area contributed by atoms with Gasteiger partial charge < -0.3 is 5.32 Å². The fraction of sp³-hybridized carbons (Fsp3) is 0.538. The molecule has 106 valence electrons. The topological polar surface area (TPSA) is 58.2 Å². The summed E-state index contributed by atoms with van der Waals surface area (Å²) in [6.07, 6.45) is 2.17. The Labute approximate surface area is 123 Å². The van der Waals surface area contributed by atoms with Crippen LogP contribution < -0.4 is 10.0 Å². The minimum absolute atomic E-state index is 0.0585. The molecule has 0 spiro atoms. The number of benzene rings is 1. The van der Waals surface area contributed by atoms with E-state index in [2.05, 4.69) is 26.0 Å². The highest BCUT2D eigenvalue weighted by Gasteiger charge is 2.25. The molecule has 2 rings (SSSR count). The lowest BCUT2D eigenvalue weighted by molar-refractivity contribution is 0.320. The molecule has 0 saturated carbocycles. The van der Waals surface area contributed by atoms with E-state index >= 15 is 0 Å². The van der Waals surface area contributed by atoms with Gasteiger partial charge in [-0.2, -0.15) is 0 Å². The lowest BCUT2D eigenvalue weighted by Crippen LogP contribution is -2.44. The Hall–Kier alpha value is -0.430. The third-order valence-corrected chi connectivity index (χ3v) is 5.54. The van der Waals surface area contributed by atoms with Gasteiger partial charge in [-0.25, -0.2) is 13.1 Å². The van der Waals surface area contributed by atoms with E-state index in [0.717, 1.165) is 30.4 Å². The van der Waals surface area contributed by atoms with Crippen LogP contribution in [0.25, 0.3) is 0 Å². The van der Waals surface area contributed by atoms with E-state index in [4.69, 9.17) is 0 Å². The Balaban J connectivity index is 2.08. The van der Waals surface area contributed by atoms with Crippen molar-refractivity contribution in [3.8, 4) is 0 Å². The van der Waals surface area contributed by atoms with Crippen molar-refractivity contribution < 1.29 is 8.42 Å². The molecule has 0 aromatic heterocycles. The van der Waals surface area contributed by atoms with Crippen molar-refractivity contribution in [1.82, 2.24) is 10.0 Å². The number of sulfonamides is 1. The predicted molar refractivity (Wildman–Crippen MR) is 79.5 cm³/mol. The summed E-state index contributed by atoms with van der Waals surface area (Å²) in [7, 11) is -3.44. The zero-order valence-electron chi connectivity index (χ0n) is 10.9. The number of halogens is 1. The number of nitrogens with one attached hydrogen (secondary N) is 2. The van der Waals surface area contributed by atoms with Gasteiger partial charge in [0.1, 0.15) is 0 Å². The van der Waals surface area contributed by atoms with Crippen molar-refractivity contribution in [2.45, 2.75) is 30.7 Å². The number of hydrogen-bond acceptors (Lipinski definition) is 3. The van der Waals surface area contributed by atoms with E-state index in [9.17, 15) is 8.42 Å². The second-order valence-corrected chi connectivity index (χ2v) is 7.60. The highest BCUT2D eigenvalue weighted by molar-refractivity contribution is 9.10. The molecule has 2 unspecified atom stereocenters. The third kappa shape index (κ3) is 4.02. The zero-order valence-corrected chi connectivity index (χ0v) is 13.3. The standard InChI is InChI=1S/C13H19BrN2O2S/c1-10(11-4-3-7-15-9-11)16-19(17,18)13-6-2-5-12(14)8-13/h2,5-6,8,10-11,15-16H,3-4,7,9H2,1H3. The van der Waals surface area contributed by atoms with Gasteiger partial charge in [0, 0.05) is 10.5 Å². The Morgan fingerprint density at radius 3 is 2.89 bits per heavy atom. The van der Waals surface area contributed by atoms with E-state index < -0.39 is 10.0 Å². The molecular weight excluding hydrogens is 328 g/mol. The molecule has 1 aliphatic heterocycles. The van der Waals surface area contributed by atoms with Crippen LogP contribution >= 0.6 is 15.9 Å². The first-order chi connectivity index (χ1) is 8.99. The van der Waals surface area contributed by atoms with Crippen molar-refractivity contribution in [3.05, 3.63) is 28.7 Å². The smallest absolute Gasteiger partial charge is 0.240 e. The maximum Gasteiger partial charge on any atom is 0.240 e. The highest BCUT2D eigenvalue weighted by Crippen LogP contribution is 2.19. The van der Waals surface area contributed by atoms with Gasteiger partial charge in [-0.15, -0.1) is 0 Å². The van der Waals surface area contributed by atoms with E-state index in [-0.39, 0.29) is 6.04 Å². The van der Waals surface area contributed by atoms with Crippen molar-refractivity contribution >= 4 is 26.0 Å². The summed E-state index contributed by atoms with van der Waals surface area (Å²) in [6, 6.07) is 6.71. The maximum absolute atomic E-state index is 12.3. The van der Waals surface area contributed by atoms with Crippen molar-refractivity contribution in [2.24, 2.45) is 5.92 Å². The van der Waals surface area contributed by atoms with Gasteiger partial charge >= 0.3 is 0 Å². The molecule has 1 heterocycles. The molecule has 0 bridgehead atoms. The molecule has 1 saturated heterocycles. The summed E-state index contributed by atoms with van der Waals surface area (Å²) >= 11 is 3.30. The molecule has 0 radical (unpaired) electrons. The van der Waals surface area contributed by atoms with E-state index in [1.54, 1.807) is 18.2 Å². The van der Waals surface area contributed by atoms with E-state index in [0.29, 0.717) is 10.8 Å². The SMILES string of the molecule is CC(NS(=O)(=O)c1cccc(Br)c1)C1CCCNC1. The zero-order chi connectivity index (χ0) is 13.9. The summed E-state index contributed by atoms with van der Waals surface area (Å²) in [5.41, 5.74) is 0. The maximum atomic E-state index is 12.3. The van der Waals surface area contributed by atoms with Gasteiger partial charge in [-0.1, -0.05) is 22.0 Å². The summed E-state index contributed by atoms with van der Waals surface area (Å²) < 4.78 is 28.1. The number of hydrogen-bond donors (Lipinski definition) is 2. The Kier molecular flexibility index (Phi) is 5.00. The minimum Gasteiger partial charge on any atom is -0.316 e. The van der Waals surface area contributed by atoms with Gasteiger partial charge in [0.15, 0.2) is 0 Å². The van der Waals surface area contributed by atoms with Crippen LogP contribution in [0.3, 0.4) is 0 Å². The molecule has 1 aromatic rings. The molecule has 0 aliphatic carbocycles. The fourth-order valence-corrected chi connectivity index (χ4v) is 4.26. The molecule has 19 heavy (non-hydrogen) atoms. The fourth-order valence-electron chi connectivity index (χ4n) is 2.35. The van der Waals surface area contributed by atoms with Gasteiger partial charge in [0.05, 0.1) is 4.90 Å². The number of rotatable bonds is 4. The first kappa shape index (κ1) is 15.0. The first-order valence-corrected chi connectivity index (χ1v) is 8.75. The van der Waals surface area contributed by atoms with Crippen LogP contribution in [0.15, 0.2) is 33.6 Å². The molecule has 1 aliphatic rings. The van der Waals surface area contributed by atoms with Crippen LogP contribution in [0.1, 0.15) is 19.8 Å². The van der Waals surface area contributed by atoms with Gasteiger partial charge in [-0.05, 0) is 57.0 Å². The van der Waals surface area contributed by atoms with E-state index in [1.807, 2.05) is 13.0 Å². The van der Waals surface area contributed by atoms with Gasteiger partial charge in [0.25, 0.3) is 0 Å². The van der Waals surface area contributed by atoms with Gasteiger partial charge in [-0.3, -0.25) is 0 Å². The summed E-state index contributed by atoms with van der Waals surface area (Å²) in [5, 5.41) is 3.31. The number of piperidine rings is 1. The molecule has 2 N–H and O–H groups in total. The highest BCUT2D eigenvalue weighted by atomic mass is 79.9. The Morgan fingerprint density at radius 1 is 1.47 bits per heavy atom. The molecule has 6 heteroatoms. The second kappa shape index (κ2) is 6.35. The molecular formula is C13H19BrN2O2S. The molecule has 0 amide bonds. The largest absolute Gasteiger partial charge is 0.316 e. The van der Waals surface area contributed by atoms with Crippen LogP contribution in [0, 0.1) is 5.92 Å². The lowest BCUT2D eigenvalue weighted by Gasteiger charge is -2.28. The van der Waals surface area contributed by atoms with Gasteiger partial charge in [0.2, 0.25) is 10.0 Å². The third-order valence-electron chi connectivity index (χ3n) is 3.49. The molecule has 2 atom stereocenters. The van der Waals surface area contributed by atoms with Crippen LogP contribution in [0.4, 0.5) is 0 Å². The summed E-state index contributed by atoms with van der Waals surface area (Å²) in [6.45, 7) is 3.84. The monoisotopic (exact) mass is 346 g/mol. The predicted octanol–water partition coefficient (Wildman–Crippen LogP) is 2.12. The normalized spacial score (nSPS) is 22.1. The average molecular weight is 347 g/mol. The lowest BCUT2D eigenvalue weighted by atomic mass is 9.94. The quantitative estimate of drug-likeness (QED) is 0.877. The van der Waals surface area contributed by atoms with Crippen molar-refractivity contribution in [3.63, 3.8) is 0 Å². The average Bonchev–Trinajstić information content (AvgIpc) is 2.39. The molecule has 4 nitrogen and oxygen atoms in total. The second-order valence-electron chi connectivity index (χ2n) is 4.97.